The molecule has 1 aromatic rings. The lowest BCUT2D eigenvalue weighted by Gasteiger charge is -2.15. The second-order valence-corrected chi connectivity index (χ2v) is 3.80. The van der Waals surface area contributed by atoms with Gasteiger partial charge in [0.25, 0.3) is 0 Å². The third-order valence-corrected chi connectivity index (χ3v) is 2.70. The van der Waals surface area contributed by atoms with Gasteiger partial charge in [-0.1, -0.05) is 39.0 Å². The van der Waals surface area contributed by atoms with Crippen LogP contribution in [0, 0.1) is 0 Å². The van der Waals surface area contributed by atoms with Gasteiger partial charge in [-0.3, -0.25) is 4.79 Å². The first-order valence-corrected chi connectivity index (χ1v) is 5.57. The van der Waals surface area contributed by atoms with E-state index in [1.54, 1.807) is 0 Å². The van der Waals surface area contributed by atoms with Crippen LogP contribution in [0.4, 0.5) is 5.69 Å². The van der Waals surface area contributed by atoms with Crippen molar-refractivity contribution in [1.82, 2.24) is 0 Å². The van der Waals surface area contributed by atoms with E-state index in [0.29, 0.717) is 12.3 Å². The van der Waals surface area contributed by atoms with E-state index in [0.717, 1.165) is 12.1 Å². The number of rotatable bonds is 4. The van der Waals surface area contributed by atoms with Crippen molar-refractivity contribution in [2.24, 2.45) is 0 Å². The summed E-state index contributed by atoms with van der Waals surface area (Å²) in [6, 6.07) is 8.02. The fraction of sp³-hybridized carbons (Fsp3) is 0.462. The van der Waals surface area contributed by atoms with Crippen LogP contribution < -0.4 is 5.32 Å². The van der Waals surface area contributed by atoms with Crippen LogP contribution in [0.15, 0.2) is 24.3 Å². The summed E-state index contributed by atoms with van der Waals surface area (Å²) in [7, 11) is 0. The largest absolute Gasteiger partial charge is 0.326 e. The van der Waals surface area contributed by atoms with E-state index >= 15 is 0 Å². The van der Waals surface area contributed by atoms with Gasteiger partial charge in [-0.05, 0) is 24.0 Å². The Hall–Kier alpha value is -1.31. The molecule has 0 radical (unpaired) electrons. The fourth-order valence-corrected chi connectivity index (χ4v) is 1.50. The average molecular weight is 205 g/mol. The Balaban J connectivity index is 2.91. The molecule has 2 heteroatoms. The number of nitrogens with one attached hydrogen (secondary N) is 1. The van der Waals surface area contributed by atoms with Crippen molar-refractivity contribution >= 4 is 11.6 Å². The highest BCUT2D eigenvalue weighted by Crippen LogP contribution is 2.26. The zero-order chi connectivity index (χ0) is 11.3. The molecule has 1 N–H and O–H groups in total. The van der Waals surface area contributed by atoms with Gasteiger partial charge in [0.15, 0.2) is 0 Å². The predicted molar refractivity (Wildman–Crippen MR) is 64.1 cm³/mol. The lowest BCUT2D eigenvalue weighted by Crippen LogP contribution is -2.11. The van der Waals surface area contributed by atoms with Crippen molar-refractivity contribution in [1.29, 1.82) is 0 Å². The van der Waals surface area contributed by atoms with Crippen LogP contribution in [-0.2, 0) is 4.79 Å². The van der Waals surface area contributed by atoms with Gasteiger partial charge in [0, 0.05) is 12.1 Å². The minimum Gasteiger partial charge on any atom is -0.326 e. The first kappa shape index (κ1) is 11.8. The smallest absolute Gasteiger partial charge is 0.224 e. The SMILES string of the molecule is CCC(=O)Nc1ccccc1C(C)CC. The zero-order valence-corrected chi connectivity index (χ0v) is 9.71. The summed E-state index contributed by atoms with van der Waals surface area (Å²) >= 11 is 0. The van der Waals surface area contributed by atoms with Crippen LogP contribution in [0.1, 0.15) is 45.1 Å². The molecule has 1 rings (SSSR count). The van der Waals surface area contributed by atoms with Crippen molar-refractivity contribution in [3.8, 4) is 0 Å². The van der Waals surface area contributed by atoms with Gasteiger partial charge >= 0.3 is 0 Å². The van der Waals surface area contributed by atoms with Gasteiger partial charge in [-0.2, -0.15) is 0 Å². The second kappa shape index (κ2) is 5.54. The molecule has 0 heterocycles. The molecule has 0 aliphatic carbocycles. The van der Waals surface area contributed by atoms with Crippen LogP contribution in [0.2, 0.25) is 0 Å². The van der Waals surface area contributed by atoms with E-state index in [-0.39, 0.29) is 5.91 Å². The van der Waals surface area contributed by atoms with Gasteiger partial charge in [0.2, 0.25) is 5.91 Å². The molecule has 0 aliphatic rings. The molecule has 0 spiro atoms. The number of hydrogen-bond donors (Lipinski definition) is 1. The third-order valence-electron chi connectivity index (χ3n) is 2.70. The predicted octanol–water partition coefficient (Wildman–Crippen LogP) is 3.55. The maximum atomic E-state index is 11.3. The molecule has 1 aromatic carbocycles. The lowest BCUT2D eigenvalue weighted by atomic mass is 9.97. The van der Waals surface area contributed by atoms with Crippen LogP contribution >= 0.6 is 0 Å². The highest BCUT2D eigenvalue weighted by molar-refractivity contribution is 5.91. The van der Waals surface area contributed by atoms with Gasteiger partial charge in [-0.15, -0.1) is 0 Å². The normalized spacial score (nSPS) is 12.2. The average Bonchev–Trinajstić information content (AvgIpc) is 2.28. The molecular weight excluding hydrogens is 186 g/mol. The lowest BCUT2D eigenvalue weighted by molar-refractivity contribution is -0.115. The highest BCUT2D eigenvalue weighted by Gasteiger charge is 2.09. The van der Waals surface area contributed by atoms with Crippen molar-refractivity contribution in [3.63, 3.8) is 0 Å². The minimum absolute atomic E-state index is 0.0748. The first-order chi connectivity index (χ1) is 7.19. The molecule has 1 unspecified atom stereocenters. The summed E-state index contributed by atoms with van der Waals surface area (Å²) in [6.07, 6.45) is 1.61. The highest BCUT2D eigenvalue weighted by atomic mass is 16.1. The number of hydrogen-bond acceptors (Lipinski definition) is 1. The topological polar surface area (TPSA) is 29.1 Å². The van der Waals surface area contributed by atoms with E-state index in [1.165, 1.54) is 5.56 Å². The van der Waals surface area contributed by atoms with Crippen LogP contribution in [-0.4, -0.2) is 5.91 Å². The molecule has 0 bridgehead atoms. The number of benzene rings is 1. The Kier molecular flexibility index (Phi) is 4.35. The monoisotopic (exact) mass is 205 g/mol. The molecule has 1 atom stereocenters. The fourth-order valence-electron chi connectivity index (χ4n) is 1.50. The van der Waals surface area contributed by atoms with E-state index < -0.39 is 0 Å². The number of amides is 1. The Morgan fingerprint density at radius 2 is 2.00 bits per heavy atom. The summed E-state index contributed by atoms with van der Waals surface area (Å²) in [5.41, 5.74) is 2.18. The molecular formula is C13H19NO. The zero-order valence-electron chi connectivity index (χ0n) is 9.71. The maximum absolute atomic E-state index is 11.3. The van der Waals surface area contributed by atoms with Crippen molar-refractivity contribution < 1.29 is 4.79 Å². The summed E-state index contributed by atoms with van der Waals surface area (Å²) in [6.45, 7) is 6.20. The summed E-state index contributed by atoms with van der Waals surface area (Å²) in [4.78, 5) is 11.3. The number of carbonyl (C=O) groups is 1. The number of anilines is 1. The van der Waals surface area contributed by atoms with Crippen LogP contribution in [0.25, 0.3) is 0 Å². The van der Waals surface area contributed by atoms with Gasteiger partial charge in [0.05, 0.1) is 0 Å². The molecule has 0 aromatic heterocycles. The molecule has 1 amide bonds. The van der Waals surface area contributed by atoms with Gasteiger partial charge in [0.1, 0.15) is 0 Å². The second-order valence-electron chi connectivity index (χ2n) is 3.80. The van der Waals surface area contributed by atoms with Crippen molar-refractivity contribution in [2.75, 3.05) is 5.32 Å². The Morgan fingerprint density at radius 3 is 2.60 bits per heavy atom. The summed E-state index contributed by atoms with van der Waals surface area (Å²) in [5.74, 6) is 0.559. The first-order valence-electron chi connectivity index (χ1n) is 5.57. The van der Waals surface area contributed by atoms with Gasteiger partial charge < -0.3 is 5.32 Å². The summed E-state index contributed by atoms with van der Waals surface area (Å²) < 4.78 is 0. The van der Waals surface area contributed by atoms with Gasteiger partial charge in [-0.25, -0.2) is 0 Å². The quantitative estimate of drug-likeness (QED) is 0.800. The molecule has 0 fully saturated rings. The maximum Gasteiger partial charge on any atom is 0.224 e. The Morgan fingerprint density at radius 1 is 1.33 bits per heavy atom. The minimum atomic E-state index is 0.0748. The van der Waals surface area contributed by atoms with Crippen molar-refractivity contribution in [2.45, 2.75) is 39.5 Å². The number of carbonyl (C=O) groups excluding carboxylic acids is 1. The van der Waals surface area contributed by atoms with E-state index in [9.17, 15) is 4.79 Å². The van der Waals surface area contributed by atoms with E-state index in [2.05, 4.69) is 25.2 Å². The molecule has 0 saturated heterocycles. The molecule has 0 saturated carbocycles. The van der Waals surface area contributed by atoms with Crippen molar-refractivity contribution in [3.05, 3.63) is 29.8 Å². The third kappa shape index (κ3) is 3.08. The molecule has 82 valence electrons. The molecule has 0 aliphatic heterocycles. The Labute approximate surface area is 91.7 Å². The van der Waals surface area contributed by atoms with Crippen LogP contribution in [0.5, 0.6) is 0 Å². The van der Waals surface area contributed by atoms with E-state index in [1.807, 2.05) is 25.1 Å². The Bertz CT molecular complexity index is 333. The molecule has 2 nitrogen and oxygen atoms in total. The molecule has 15 heavy (non-hydrogen) atoms. The van der Waals surface area contributed by atoms with E-state index in [4.69, 9.17) is 0 Å². The van der Waals surface area contributed by atoms with Crippen LogP contribution in [0.3, 0.4) is 0 Å². The standard InChI is InChI=1S/C13H19NO/c1-4-10(3)11-8-6-7-9-12(11)14-13(15)5-2/h6-10H,4-5H2,1-3H3,(H,14,15). The number of para-hydroxylation sites is 1. The summed E-state index contributed by atoms with van der Waals surface area (Å²) in [5, 5.41) is 2.94.